The number of hydrogen-bond donors (Lipinski definition) is 2. The second-order valence-electron chi connectivity index (χ2n) is 3.44. The second-order valence-corrected chi connectivity index (χ2v) is 3.44. The molecule has 0 bridgehead atoms. The lowest BCUT2D eigenvalue weighted by molar-refractivity contribution is 0.0254. The minimum absolute atomic E-state index is 0.277. The molecule has 6 heteroatoms. The van der Waals surface area contributed by atoms with Crippen molar-refractivity contribution in [2.45, 2.75) is 5.92 Å². The van der Waals surface area contributed by atoms with E-state index < -0.39 is 19.0 Å². The number of halogens is 2. The van der Waals surface area contributed by atoms with E-state index in [9.17, 15) is 8.78 Å². The summed E-state index contributed by atoms with van der Waals surface area (Å²) in [6, 6.07) is 6.49. The molecule has 0 aliphatic heterocycles. The van der Waals surface area contributed by atoms with Crippen LogP contribution in [0.3, 0.4) is 0 Å². The molecule has 0 saturated heterocycles. The van der Waals surface area contributed by atoms with E-state index in [1.54, 1.807) is 6.07 Å². The van der Waals surface area contributed by atoms with Gasteiger partial charge in [-0.25, -0.2) is 8.78 Å². The highest BCUT2D eigenvalue weighted by Gasteiger charge is 2.26. The SMILES string of the molecule is COc1ccc(C#N)c(NCC(F)(F)CN)c1. The largest absolute Gasteiger partial charge is 0.497 e. The molecule has 4 nitrogen and oxygen atoms in total. The minimum atomic E-state index is -3.00. The van der Waals surface area contributed by atoms with E-state index >= 15 is 0 Å². The van der Waals surface area contributed by atoms with Crippen LogP contribution >= 0.6 is 0 Å². The predicted octanol–water partition coefficient (Wildman–Crippen LogP) is 1.57. The predicted molar refractivity (Wildman–Crippen MR) is 60.2 cm³/mol. The fourth-order valence-corrected chi connectivity index (χ4v) is 1.19. The maximum Gasteiger partial charge on any atom is 0.276 e. The summed E-state index contributed by atoms with van der Waals surface area (Å²) in [6.45, 7) is -1.36. The van der Waals surface area contributed by atoms with Gasteiger partial charge in [0.2, 0.25) is 0 Å². The highest BCUT2D eigenvalue weighted by Crippen LogP contribution is 2.23. The number of rotatable bonds is 5. The van der Waals surface area contributed by atoms with Crippen LogP contribution in [0.4, 0.5) is 14.5 Å². The third-order valence-corrected chi connectivity index (χ3v) is 2.18. The summed E-state index contributed by atoms with van der Waals surface area (Å²) >= 11 is 0. The molecule has 0 atom stereocenters. The zero-order valence-electron chi connectivity index (χ0n) is 9.34. The Morgan fingerprint density at radius 1 is 1.53 bits per heavy atom. The highest BCUT2D eigenvalue weighted by molar-refractivity contribution is 5.60. The zero-order valence-corrected chi connectivity index (χ0v) is 9.34. The molecule has 0 saturated carbocycles. The average Bonchev–Trinajstić information content (AvgIpc) is 2.36. The van der Waals surface area contributed by atoms with Crippen LogP contribution in [-0.2, 0) is 0 Å². The van der Waals surface area contributed by atoms with E-state index in [1.165, 1.54) is 19.2 Å². The van der Waals surface area contributed by atoms with Crippen molar-refractivity contribution in [3.63, 3.8) is 0 Å². The second kappa shape index (κ2) is 5.46. The van der Waals surface area contributed by atoms with Gasteiger partial charge in [-0.15, -0.1) is 0 Å². The standard InChI is InChI=1S/C11H13F2N3O/c1-17-9-3-2-8(5-14)10(4-9)16-7-11(12,13)6-15/h2-4,16H,6-7,15H2,1H3. The van der Waals surface area contributed by atoms with E-state index in [2.05, 4.69) is 5.32 Å². The van der Waals surface area contributed by atoms with Crippen LogP contribution in [-0.4, -0.2) is 26.1 Å². The van der Waals surface area contributed by atoms with Crippen LogP contribution in [0.25, 0.3) is 0 Å². The smallest absolute Gasteiger partial charge is 0.276 e. The number of ether oxygens (including phenoxy) is 1. The average molecular weight is 241 g/mol. The first-order valence-electron chi connectivity index (χ1n) is 4.92. The topological polar surface area (TPSA) is 71.1 Å². The van der Waals surface area contributed by atoms with Crippen molar-refractivity contribution in [3.8, 4) is 11.8 Å². The summed E-state index contributed by atoms with van der Waals surface area (Å²) in [5.74, 6) is -2.52. The van der Waals surface area contributed by atoms with Crippen molar-refractivity contribution in [1.82, 2.24) is 0 Å². The van der Waals surface area contributed by atoms with E-state index in [1.807, 2.05) is 6.07 Å². The normalized spacial score (nSPS) is 10.8. The van der Waals surface area contributed by atoms with Gasteiger partial charge in [-0.3, -0.25) is 0 Å². The van der Waals surface area contributed by atoms with E-state index in [0.29, 0.717) is 11.4 Å². The number of alkyl halides is 2. The molecule has 17 heavy (non-hydrogen) atoms. The van der Waals surface area contributed by atoms with Crippen LogP contribution in [0.2, 0.25) is 0 Å². The minimum Gasteiger partial charge on any atom is -0.497 e. The summed E-state index contributed by atoms with van der Waals surface area (Å²) in [4.78, 5) is 0. The van der Waals surface area contributed by atoms with Gasteiger partial charge in [-0.2, -0.15) is 5.26 Å². The Kier molecular flexibility index (Phi) is 4.24. The van der Waals surface area contributed by atoms with Gasteiger partial charge >= 0.3 is 0 Å². The molecule has 0 aliphatic rings. The Morgan fingerprint density at radius 2 is 2.24 bits per heavy atom. The lowest BCUT2D eigenvalue weighted by Crippen LogP contribution is -2.35. The molecule has 0 fully saturated rings. The fraction of sp³-hybridized carbons (Fsp3) is 0.364. The van der Waals surface area contributed by atoms with Gasteiger partial charge in [0.1, 0.15) is 11.8 Å². The summed E-state index contributed by atoms with van der Waals surface area (Å²) in [7, 11) is 1.46. The molecule has 1 rings (SSSR count). The van der Waals surface area contributed by atoms with Crippen molar-refractivity contribution >= 4 is 5.69 Å². The summed E-state index contributed by atoms with van der Waals surface area (Å²) in [5.41, 5.74) is 5.50. The van der Waals surface area contributed by atoms with E-state index in [-0.39, 0.29) is 5.56 Å². The third kappa shape index (κ3) is 3.57. The first-order chi connectivity index (χ1) is 8.02. The summed E-state index contributed by atoms with van der Waals surface area (Å²) < 4.78 is 30.9. The monoisotopic (exact) mass is 241 g/mol. The lowest BCUT2D eigenvalue weighted by Gasteiger charge is -2.16. The molecule has 1 aromatic rings. The number of nitrogens with zero attached hydrogens (tertiary/aromatic N) is 1. The molecule has 0 aliphatic carbocycles. The van der Waals surface area contributed by atoms with Gasteiger partial charge in [0.25, 0.3) is 5.92 Å². The quantitative estimate of drug-likeness (QED) is 0.820. The Balaban J connectivity index is 2.86. The van der Waals surface area contributed by atoms with Gasteiger partial charge in [0.05, 0.1) is 31.5 Å². The van der Waals surface area contributed by atoms with Gasteiger partial charge < -0.3 is 15.8 Å². The number of nitrogens with two attached hydrogens (primary N) is 1. The molecule has 0 heterocycles. The Bertz CT molecular complexity index is 429. The first kappa shape index (κ1) is 13.2. The summed E-state index contributed by atoms with van der Waals surface area (Å²) in [6.07, 6.45) is 0. The molecule has 0 aromatic heterocycles. The van der Waals surface area contributed by atoms with Crippen LogP contribution < -0.4 is 15.8 Å². The van der Waals surface area contributed by atoms with E-state index in [0.717, 1.165) is 0 Å². The highest BCUT2D eigenvalue weighted by atomic mass is 19.3. The number of hydrogen-bond acceptors (Lipinski definition) is 4. The van der Waals surface area contributed by atoms with Gasteiger partial charge in [0, 0.05) is 6.07 Å². The van der Waals surface area contributed by atoms with Gasteiger partial charge in [-0.05, 0) is 12.1 Å². The Morgan fingerprint density at radius 3 is 2.76 bits per heavy atom. The maximum absolute atomic E-state index is 13.0. The maximum atomic E-state index is 13.0. The van der Waals surface area contributed by atoms with Crippen molar-refractivity contribution in [3.05, 3.63) is 23.8 Å². The number of nitrogens with one attached hydrogen (secondary N) is 1. The number of benzene rings is 1. The summed E-state index contributed by atoms with van der Waals surface area (Å²) in [5, 5.41) is 11.3. The zero-order chi connectivity index (χ0) is 12.9. The molecular weight excluding hydrogens is 228 g/mol. The van der Waals surface area contributed by atoms with Crippen molar-refractivity contribution in [1.29, 1.82) is 5.26 Å². The Labute approximate surface area is 98.0 Å². The molecule has 0 spiro atoms. The molecule has 92 valence electrons. The first-order valence-corrected chi connectivity index (χ1v) is 4.92. The molecule has 0 radical (unpaired) electrons. The van der Waals surface area contributed by atoms with Crippen LogP contribution in [0, 0.1) is 11.3 Å². The van der Waals surface area contributed by atoms with Crippen molar-refractivity contribution in [2.24, 2.45) is 5.73 Å². The fourth-order valence-electron chi connectivity index (χ4n) is 1.19. The molecule has 1 aromatic carbocycles. The van der Waals surface area contributed by atoms with Gasteiger partial charge in [-0.1, -0.05) is 0 Å². The van der Waals surface area contributed by atoms with Crippen molar-refractivity contribution < 1.29 is 13.5 Å². The molecule has 0 amide bonds. The Hall–Kier alpha value is -1.87. The van der Waals surface area contributed by atoms with Crippen molar-refractivity contribution in [2.75, 3.05) is 25.5 Å². The molecular formula is C11H13F2N3O. The molecule has 3 N–H and O–H groups in total. The number of nitriles is 1. The lowest BCUT2D eigenvalue weighted by atomic mass is 10.2. The molecule has 0 unspecified atom stereocenters. The van der Waals surface area contributed by atoms with Crippen LogP contribution in [0.15, 0.2) is 18.2 Å². The number of anilines is 1. The van der Waals surface area contributed by atoms with Crippen LogP contribution in [0.5, 0.6) is 5.75 Å². The van der Waals surface area contributed by atoms with Gasteiger partial charge in [0.15, 0.2) is 0 Å². The van der Waals surface area contributed by atoms with E-state index in [4.69, 9.17) is 15.7 Å². The third-order valence-electron chi connectivity index (χ3n) is 2.18. The van der Waals surface area contributed by atoms with Crippen LogP contribution in [0.1, 0.15) is 5.56 Å². The number of methoxy groups -OCH3 is 1.